The van der Waals surface area contributed by atoms with Gasteiger partial charge >= 0.3 is 0 Å². The van der Waals surface area contributed by atoms with Gasteiger partial charge in [-0.3, -0.25) is 0 Å². The molecular formula is C10H8ClNS. The standard InChI is InChI=1S/C10H8ClNS/c11-7-8-1-3-9(4-2-8)10-12-5-6-13-10/h1-6H,7H2. The maximum absolute atomic E-state index is 5.69. The van der Waals surface area contributed by atoms with Crippen LogP contribution in [0, 0.1) is 0 Å². The summed E-state index contributed by atoms with van der Waals surface area (Å²) in [7, 11) is 0. The van der Waals surface area contributed by atoms with E-state index in [4.69, 9.17) is 11.6 Å². The fourth-order valence-corrected chi connectivity index (χ4v) is 1.93. The van der Waals surface area contributed by atoms with E-state index in [1.165, 1.54) is 0 Å². The van der Waals surface area contributed by atoms with Crippen LogP contribution in [0.2, 0.25) is 0 Å². The molecule has 0 saturated heterocycles. The van der Waals surface area contributed by atoms with Crippen LogP contribution < -0.4 is 0 Å². The summed E-state index contributed by atoms with van der Waals surface area (Å²) in [6.07, 6.45) is 1.81. The molecule has 0 aliphatic carbocycles. The van der Waals surface area contributed by atoms with E-state index in [1.807, 2.05) is 23.7 Å². The maximum Gasteiger partial charge on any atom is 0.123 e. The van der Waals surface area contributed by atoms with Crippen molar-refractivity contribution >= 4 is 22.9 Å². The topological polar surface area (TPSA) is 12.9 Å². The van der Waals surface area contributed by atoms with Crippen molar-refractivity contribution in [1.82, 2.24) is 4.98 Å². The smallest absolute Gasteiger partial charge is 0.123 e. The molecule has 0 N–H and O–H groups in total. The number of nitrogens with zero attached hydrogens (tertiary/aromatic N) is 1. The molecule has 0 aliphatic rings. The van der Waals surface area contributed by atoms with E-state index in [-0.39, 0.29) is 0 Å². The molecule has 0 atom stereocenters. The molecule has 1 aromatic carbocycles. The van der Waals surface area contributed by atoms with E-state index < -0.39 is 0 Å². The number of hydrogen-bond donors (Lipinski definition) is 0. The third-order valence-electron chi connectivity index (χ3n) is 1.79. The molecule has 2 rings (SSSR count). The number of alkyl halides is 1. The van der Waals surface area contributed by atoms with E-state index in [9.17, 15) is 0 Å². The Bertz CT molecular complexity index is 366. The summed E-state index contributed by atoms with van der Waals surface area (Å²) < 4.78 is 0. The summed E-state index contributed by atoms with van der Waals surface area (Å²) in [6, 6.07) is 8.17. The molecule has 13 heavy (non-hydrogen) atoms. The monoisotopic (exact) mass is 209 g/mol. The lowest BCUT2D eigenvalue weighted by molar-refractivity contribution is 1.38. The predicted octanol–water partition coefficient (Wildman–Crippen LogP) is 3.55. The van der Waals surface area contributed by atoms with Crippen LogP contribution in [0.15, 0.2) is 35.8 Å². The highest BCUT2D eigenvalue weighted by Crippen LogP contribution is 2.21. The lowest BCUT2D eigenvalue weighted by atomic mass is 10.2. The van der Waals surface area contributed by atoms with Gasteiger partial charge in [-0.2, -0.15) is 0 Å². The highest BCUT2D eigenvalue weighted by Gasteiger charge is 1.98. The van der Waals surface area contributed by atoms with Crippen LogP contribution >= 0.6 is 22.9 Å². The van der Waals surface area contributed by atoms with Gasteiger partial charge < -0.3 is 0 Å². The lowest BCUT2D eigenvalue weighted by Crippen LogP contribution is -1.78. The molecule has 1 aromatic heterocycles. The molecule has 0 fully saturated rings. The van der Waals surface area contributed by atoms with Gasteiger partial charge in [-0.25, -0.2) is 4.98 Å². The van der Waals surface area contributed by atoms with Crippen LogP contribution in [0.4, 0.5) is 0 Å². The van der Waals surface area contributed by atoms with E-state index in [0.29, 0.717) is 5.88 Å². The Kier molecular flexibility index (Phi) is 2.62. The molecule has 0 spiro atoms. The van der Waals surface area contributed by atoms with Crippen LogP contribution in [0.3, 0.4) is 0 Å². The lowest BCUT2D eigenvalue weighted by Gasteiger charge is -1.97. The normalized spacial score (nSPS) is 10.2. The third-order valence-corrected chi connectivity index (χ3v) is 2.92. The summed E-state index contributed by atoms with van der Waals surface area (Å²) in [6.45, 7) is 0. The van der Waals surface area contributed by atoms with Crippen LogP contribution in [0.5, 0.6) is 0 Å². The number of halogens is 1. The van der Waals surface area contributed by atoms with E-state index in [1.54, 1.807) is 11.3 Å². The number of thiazole rings is 1. The van der Waals surface area contributed by atoms with Gasteiger partial charge in [-0.05, 0) is 5.56 Å². The second-order valence-corrected chi connectivity index (χ2v) is 3.83. The minimum absolute atomic E-state index is 0.568. The van der Waals surface area contributed by atoms with Crippen molar-refractivity contribution in [3.8, 4) is 10.6 Å². The summed E-state index contributed by atoms with van der Waals surface area (Å²) in [5.41, 5.74) is 2.30. The Balaban J connectivity index is 2.33. The van der Waals surface area contributed by atoms with E-state index in [0.717, 1.165) is 16.1 Å². The van der Waals surface area contributed by atoms with Gasteiger partial charge in [0.25, 0.3) is 0 Å². The molecule has 66 valence electrons. The molecule has 1 nitrogen and oxygen atoms in total. The molecule has 0 bridgehead atoms. The molecular weight excluding hydrogens is 202 g/mol. The molecule has 0 saturated carbocycles. The Morgan fingerprint density at radius 3 is 2.54 bits per heavy atom. The van der Waals surface area contributed by atoms with Gasteiger partial charge in [0.15, 0.2) is 0 Å². The first-order valence-corrected chi connectivity index (χ1v) is 5.36. The number of hydrogen-bond acceptors (Lipinski definition) is 2. The Hall–Kier alpha value is -0.860. The van der Waals surface area contributed by atoms with Crippen molar-refractivity contribution in [3.05, 3.63) is 41.4 Å². The number of aromatic nitrogens is 1. The van der Waals surface area contributed by atoms with Crippen molar-refractivity contribution in [2.75, 3.05) is 0 Å². The van der Waals surface area contributed by atoms with Crippen molar-refractivity contribution < 1.29 is 0 Å². The zero-order chi connectivity index (χ0) is 9.10. The van der Waals surface area contributed by atoms with Gasteiger partial charge in [-0.1, -0.05) is 24.3 Å². The first-order chi connectivity index (χ1) is 6.40. The van der Waals surface area contributed by atoms with Gasteiger partial charge in [-0.15, -0.1) is 22.9 Å². The first-order valence-electron chi connectivity index (χ1n) is 3.95. The quantitative estimate of drug-likeness (QED) is 0.690. The molecule has 0 unspecified atom stereocenters. The van der Waals surface area contributed by atoms with Gasteiger partial charge in [0.2, 0.25) is 0 Å². The van der Waals surface area contributed by atoms with Crippen LogP contribution in [-0.4, -0.2) is 4.98 Å². The molecule has 0 radical (unpaired) electrons. The molecule has 0 aliphatic heterocycles. The first kappa shape index (κ1) is 8.73. The largest absolute Gasteiger partial charge is 0.245 e. The fraction of sp³-hybridized carbons (Fsp3) is 0.100. The van der Waals surface area contributed by atoms with E-state index >= 15 is 0 Å². The molecule has 3 heteroatoms. The van der Waals surface area contributed by atoms with Crippen LogP contribution in [-0.2, 0) is 5.88 Å². The van der Waals surface area contributed by atoms with Crippen molar-refractivity contribution in [2.24, 2.45) is 0 Å². The zero-order valence-electron chi connectivity index (χ0n) is 6.90. The van der Waals surface area contributed by atoms with Crippen molar-refractivity contribution in [3.63, 3.8) is 0 Å². The van der Waals surface area contributed by atoms with Crippen LogP contribution in [0.1, 0.15) is 5.56 Å². The highest BCUT2D eigenvalue weighted by atomic mass is 35.5. The summed E-state index contributed by atoms with van der Waals surface area (Å²) in [5.74, 6) is 0.568. The van der Waals surface area contributed by atoms with Crippen molar-refractivity contribution in [2.45, 2.75) is 5.88 Å². The molecule has 0 amide bonds. The van der Waals surface area contributed by atoms with Crippen LogP contribution in [0.25, 0.3) is 10.6 Å². The Morgan fingerprint density at radius 1 is 1.23 bits per heavy atom. The molecule has 1 heterocycles. The highest BCUT2D eigenvalue weighted by molar-refractivity contribution is 7.13. The maximum atomic E-state index is 5.69. The van der Waals surface area contributed by atoms with Gasteiger partial charge in [0.1, 0.15) is 5.01 Å². The summed E-state index contributed by atoms with van der Waals surface area (Å²) in [4.78, 5) is 4.23. The summed E-state index contributed by atoms with van der Waals surface area (Å²) >= 11 is 7.34. The van der Waals surface area contributed by atoms with Crippen molar-refractivity contribution in [1.29, 1.82) is 0 Å². The SMILES string of the molecule is ClCc1ccc(-c2nccs2)cc1. The van der Waals surface area contributed by atoms with E-state index in [2.05, 4.69) is 17.1 Å². The zero-order valence-corrected chi connectivity index (χ0v) is 8.48. The second kappa shape index (κ2) is 3.90. The van der Waals surface area contributed by atoms with Gasteiger partial charge in [0, 0.05) is 23.0 Å². The average molecular weight is 210 g/mol. The Labute approximate surface area is 86.0 Å². The number of rotatable bonds is 2. The number of benzene rings is 1. The van der Waals surface area contributed by atoms with Gasteiger partial charge in [0.05, 0.1) is 0 Å². The minimum Gasteiger partial charge on any atom is -0.245 e. The second-order valence-electron chi connectivity index (χ2n) is 2.67. The fourth-order valence-electron chi connectivity index (χ4n) is 1.10. The summed E-state index contributed by atoms with van der Waals surface area (Å²) in [5, 5.41) is 3.03. The third kappa shape index (κ3) is 1.90. The Morgan fingerprint density at radius 2 is 2.00 bits per heavy atom. The predicted molar refractivity (Wildman–Crippen MR) is 57.1 cm³/mol. The molecule has 2 aromatic rings. The average Bonchev–Trinajstić information content (AvgIpc) is 2.71. The minimum atomic E-state index is 0.568.